The molecular formula is C28H29N3O4. The van der Waals surface area contributed by atoms with Crippen molar-refractivity contribution in [3.63, 3.8) is 0 Å². The summed E-state index contributed by atoms with van der Waals surface area (Å²) in [6, 6.07) is 21.6. The molecule has 2 heterocycles. The van der Waals surface area contributed by atoms with Crippen LogP contribution in [0, 0.1) is 6.92 Å². The third-order valence-electron chi connectivity index (χ3n) is 6.33. The van der Waals surface area contributed by atoms with Crippen molar-refractivity contribution in [2.45, 2.75) is 19.4 Å². The minimum absolute atomic E-state index is 0.0174. The van der Waals surface area contributed by atoms with E-state index in [0.29, 0.717) is 24.7 Å². The molecule has 2 N–H and O–H groups in total. The highest BCUT2D eigenvalue weighted by atomic mass is 16.5. The maximum atomic E-state index is 13.3. The van der Waals surface area contributed by atoms with E-state index in [0.717, 1.165) is 35.5 Å². The second-order valence-corrected chi connectivity index (χ2v) is 8.92. The first-order valence-electron chi connectivity index (χ1n) is 11.9. The molecule has 3 aromatic rings. The monoisotopic (exact) mass is 471 g/mol. The van der Waals surface area contributed by atoms with Crippen LogP contribution < -0.4 is 20.3 Å². The first-order valence-corrected chi connectivity index (χ1v) is 11.9. The topological polar surface area (TPSA) is 79.9 Å². The quantitative estimate of drug-likeness (QED) is 0.574. The van der Waals surface area contributed by atoms with Crippen molar-refractivity contribution in [2.75, 3.05) is 43.1 Å². The third kappa shape index (κ3) is 5.30. The molecule has 1 atom stereocenters. The first kappa shape index (κ1) is 22.9. The Morgan fingerprint density at radius 2 is 1.86 bits per heavy atom. The smallest absolute Gasteiger partial charge is 0.262 e. The van der Waals surface area contributed by atoms with Crippen molar-refractivity contribution in [2.24, 2.45) is 0 Å². The fourth-order valence-electron chi connectivity index (χ4n) is 4.59. The van der Waals surface area contributed by atoms with E-state index in [1.807, 2.05) is 42.5 Å². The summed E-state index contributed by atoms with van der Waals surface area (Å²) in [6.07, 6.45) is 0.201. The van der Waals surface area contributed by atoms with Crippen LogP contribution in [-0.4, -0.2) is 44.7 Å². The van der Waals surface area contributed by atoms with Crippen LogP contribution in [0.2, 0.25) is 0 Å². The third-order valence-corrected chi connectivity index (χ3v) is 6.33. The van der Waals surface area contributed by atoms with Gasteiger partial charge in [-0.3, -0.25) is 9.59 Å². The van der Waals surface area contributed by atoms with E-state index in [2.05, 4.69) is 40.7 Å². The Hall–Kier alpha value is -3.84. The fraction of sp³-hybridized carbons (Fsp3) is 0.286. The lowest BCUT2D eigenvalue weighted by Gasteiger charge is -2.33. The molecule has 35 heavy (non-hydrogen) atoms. The van der Waals surface area contributed by atoms with Crippen molar-refractivity contribution in [3.8, 4) is 5.75 Å². The lowest BCUT2D eigenvalue weighted by atomic mass is 9.94. The van der Waals surface area contributed by atoms with E-state index in [1.54, 1.807) is 6.07 Å². The molecule has 0 saturated carbocycles. The minimum atomic E-state index is -0.296. The molecule has 0 aliphatic carbocycles. The number of morpholine rings is 1. The maximum Gasteiger partial charge on any atom is 0.262 e. The molecule has 7 heteroatoms. The highest BCUT2D eigenvalue weighted by Crippen LogP contribution is 2.33. The van der Waals surface area contributed by atoms with Crippen LogP contribution in [0.3, 0.4) is 0 Å². The van der Waals surface area contributed by atoms with Crippen LogP contribution in [0.25, 0.3) is 0 Å². The molecule has 1 unspecified atom stereocenters. The van der Waals surface area contributed by atoms with Crippen LogP contribution in [0.4, 0.5) is 11.4 Å². The van der Waals surface area contributed by atoms with Crippen molar-refractivity contribution in [3.05, 3.63) is 89.0 Å². The molecule has 2 amide bonds. The second-order valence-electron chi connectivity index (χ2n) is 8.92. The summed E-state index contributed by atoms with van der Waals surface area (Å²) in [5.74, 6) is 0.317. The molecule has 1 fully saturated rings. The molecule has 0 bridgehead atoms. The highest BCUT2D eigenvalue weighted by molar-refractivity contribution is 5.95. The number of ether oxygens (including phenoxy) is 2. The summed E-state index contributed by atoms with van der Waals surface area (Å²) in [5, 5.41) is 6.06. The molecule has 3 aromatic carbocycles. The minimum Gasteiger partial charge on any atom is -0.482 e. The first-order chi connectivity index (χ1) is 17.1. The van der Waals surface area contributed by atoms with E-state index >= 15 is 0 Å². The summed E-state index contributed by atoms with van der Waals surface area (Å²) in [6.45, 7) is 5.09. The van der Waals surface area contributed by atoms with E-state index in [4.69, 9.17) is 9.47 Å². The molecule has 0 radical (unpaired) electrons. The number of fused-ring (bicyclic) bond motifs is 1. The van der Waals surface area contributed by atoms with Crippen molar-refractivity contribution >= 4 is 23.2 Å². The molecular weight excluding hydrogens is 442 g/mol. The van der Waals surface area contributed by atoms with Gasteiger partial charge in [-0.15, -0.1) is 0 Å². The SMILES string of the molecule is Cc1ccc(C(NC(=O)Cc2ccc3c(c2)OCC(=O)N3)c2ccccc2)c(N2CCOCC2)c1. The second kappa shape index (κ2) is 10.2. The number of benzene rings is 3. The van der Waals surface area contributed by atoms with Crippen LogP contribution >= 0.6 is 0 Å². The summed E-state index contributed by atoms with van der Waals surface area (Å²) >= 11 is 0. The van der Waals surface area contributed by atoms with Gasteiger partial charge in [-0.05, 0) is 41.8 Å². The number of hydrogen-bond acceptors (Lipinski definition) is 5. The average molecular weight is 472 g/mol. The van der Waals surface area contributed by atoms with Crippen LogP contribution in [-0.2, 0) is 20.7 Å². The van der Waals surface area contributed by atoms with Gasteiger partial charge in [-0.2, -0.15) is 0 Å². The maximum absolute atomic E-state index is 13.3. The van der Waals surface area contributed by atoms with Crippen LogP contribution in [0.1, 0.15) is 28.3 Å². The Morgan fingerprint density at radius 1 is 1.06 bits per heavy atom. The number of aryl methyl sites for hydroxylation is 1. The van der Waals surface area contributed by atoms with Crippen molar-refractivity contribution in [1.29, 1.82) is 0 Å². The van der Waals surface area contributed by atoms with Gasteiger partial charge in [0.25, 0.3) is 5.91 Å². The van der Waals surface area contributed by atoms with Gasteiger partial charge >= 0.3 is 0 Å². The van der Waals surface area contributed by atoms with Crippen molar-refractivity contribution < 1.29 is 19.1 Å². The number of carbonyl (C=O) groups excluding carboxylic acids is 2. The van der Waals surface area contributed by atoms with Gasteiger partial charge < -0.3 is 25.0 Å². The standard InChI is InChI=1S/C28H29N3O4/c1-19-7-9-22(24(15-19)31-11-13-34-14-12-31)28(21-5-3-2-4-6-21)30-26(32)17-20-8-10-23-25(16-20)35-18-27(33)29-23/h2-10,15-16,28H,11-14,17-18H2,1H3,(H,29,33)(H,30,32). The summed E-state index contributed by atoms with van der Waals surface area (Å²) < 4.78 is 11.1. The predicted octanol–water partition coefficient (Wildman–Crippen LogP) is 3.61. The number of rotatable bonds is 6. The van der Waals surface area contributed by atoms with Gasteiger partial charge in [0.05, 0.1) is 31.4 Å². The molecule has 7 nitrogen and oxygen atoms in total. The number of nitrogens with zero attached hydrogens (tertiary/aromatic N) is 1. The van der Waals surface area contributed by atoms with E-state index in [1.165, 1.54) is 5.56 Å². The fourth-order valence-corrected chi connectivity index (χ4v) is 4.59. The highest BCUT2D eigenvalue weighted by Gasteiger charge is 2.24. The molecule has 2 aliphatic heterocycles. The lowest BCUT2D eigenvalue weighted by molar-refractivity contribution is -0.121. The van der Waals surface area contributed by atoms with Crippen LogP contribution in [0.5, 0.6) is 5.75 Å². The molecule has 0 aromatic heterocycles. The number of hydrogen-bond donors (Lipinski definition) is 2. The zero-order valence-corrected chi connectivity index (χ0v) is 19.8. The summed E-state index contributed by atoms with van der Waals surface area (Å²) in [7, 11) is 0. The Kier molecular flexibility index (Phi) is 6.68. The number of amides is 2. The van der Waals surface area contributed by atoms with Gasteiger partial charge in [-0.1, -0.05) is 48.5 Å². The Balaban J connectivity index is 1.42. The van der Waals surface area contributed by atoms with E-state index < -0.39 is 0 Å². The predicted molar refractivity (Wildman–Crippen MR) is 135 cm³/mol. The average Bonchev–Trinajstić information content (AvgIpc) is 2.88. The Morgan fingerprint density at radius 3 is 2.66 bits per heavy atom. The van der Waals surface area contributed by atoms with Gasteiger partial charge in [-0.25, -0.2) is 0 Å². The van der Waals surface area contributed by atoms with Crippen molar-refractivity contribution in [1.82, 2.24) is 5.32 Å². The molecule has 0 spiro atoms. The normalized spacial score (nSPS) is 16.0. The summed E-state index contributed by atoms with van der Waals surface area (Å²) in [5.41, 5.74) is 5.84. The lowest BCUT2D eigenvalue weighted by Crippen LogP contribution is -2.38. The van der Waals surface area contributed by atoms with Gasteiger partial charge in [0.15, 0.2) is 6.61 Å². The van der Waals surface area contributed by atoms with Gasteiger partial charge in [0, 0.05) is 24.3 Å². The Labute approximate surface area is 205 Å². The number of carbonyl (C=O) groups is 2. The molecule has 2 aliphatic rings. The summed E-state index contributed by atoms with van der Waals surface area (Å²) in [4.78, 5) is 27.2. The molecule has 1 saturated heterocycles. The zero-order chi connectivity index (χ0) is 24.2. The van der Waals surface area contributed by atoms with Gasteiger partial charge in [0.2, 0.25) is 5.91 Å². The molecule has 180 valence electrons. The largest absolute Gasteiger partial charge is 0.482 e. The zero-order valence-electron chi connectivity index (χ0n) is 19.8. The van der Waals surface area contributed by atoms with E-state index in [9.17, 15) is 9.59 Å². The molecule has 5 rings (SSSR count). The number of nitrogens with one attached hydrogen (secondary N) is 2. The Bertz CT molecular complexity index is 1220. The van der Waals surface area contributed by atoms with Gasteiger partial charge in [0.1, 0.15) is 5.75 Å². The van der Waals surface area contributed by atoms with Crippen LogP contribution in [0.15, 0.2) is 66.7 Å². The number of anilines is 2. The van der Waals surface area contributed by atoms with E-state index in [-0.39, 0.29) is 30.9 Å².